The Balaban J connectivity index is 0.00000180. The summed E-state index contributed by atoms with van der Waals surface area (Å²) in [5, 5.41) is 0. The Morgan fingerprint density at radius 3 is 2.63 bits per heavy atom. The summed E-state index contributed by atoms with van der Waals surface area (Å²) in [6, 6.07) is 4.14. The van der Waals surface area contributed by atoms with Crippen LogP contribution in [0.15, 0.2) is 12.1 Å². The predicted molar refractivity (Wildman–Crippen MR) is 79.7 cm³/mol. The van der Waals surface area contributed by atoms with Crippen LogP contribution in [-0.4, -0.2) is 36.6 Å². The Bertz CT molecular complexity index is 430. The first kappa shape index (κ1) is 16.4. The molecule has 1 aliphatic rings. The summed E-state index contributed by atoms with van der Waals surface area (Å²) in [7, 11) is 1.82. The molecule has 0 unspecified atom stereocenters. The second-order valence-electron chi connectivity index (χ2n) is 4.94. The van der Waals surface area contributed by atoms with E-state index in [0.717, 1.165) is 0 Å². The standard InChI is InChI=1S/C13H20N2O2S.ClH/c1-10-3-4-11(18-10)9-15(2)12(16)13(14)5-7-17-8-6-13;/h3-4H,5-9,14H2,1-2H3;1H. The van der Waals surface area contributed by atoms with Crippen molar-refractivity contribution in [3.8, 4) is 0 Å². The van der Waals surface area contributed by atoms with Gasteiger partial charge in [0.1, 0.15) is 0 Å². The minimum Gasteiger partial charge on any atom is -0.381 e. The molecule has 4 nitrogen and oxygen atoms in total. The van der Waals surface area contributed by atoms with Gasteiger partial charge in [0.25, 0.3) is 0 Å². The summed E-state index contributed by atoms with van der Waals surface area (Å²) in [5.74, 6) is 0.0249. The zero-order chi connectivity index (χ0) is 13.2. The van der Waals surface area contributed by atoms with Gasteiger partial charge in [0.2, 0.25) is 5.91 Å². The number of nitrogens with two attached hydrogens (primary N) is 1. The quantitative estimate of drug-likeness (QED) is 0.928. The van der Waals surface area contributed by atoms with Gasteiger partial charge in [-0.1, -0.05) is 0 Å². The zero-order valence-electron chi connectivity index (χ0n) is 11.3. The molecule has 2 rings (SSSR count). The van der Waals surface area contributed by atoms with Crippen LogP contribution in [0.1, 0.15) is 22.6 Å². The molecule has 1 fully saturated rings. The van der Waals surface area contributed by atoms with Crippen molar-refractivity contribution in [3.63, 3.8) is 0 Å². The molecule has 0 spiro atoms. The highest BCUT2D eigenvalue weighted by atomic mass is 35.5. The molecule has 108 valence electrons. The molecule has 0 radical (unpaired) electrons. The molecular weight excluding hydrogens is 284 g/mol. The van der Waals surface area contributed by atoms with Crippen molar-refractivity contribution < 1.29 is 9.53 Å². The maximum Gasteiger partial charge on any atom is 0.242 e. The molecule has 1 aromatic rings. The third kappa shape index (κ3) is 3.92. The number of carbonyl (C=O) groups excluding carboxylic acids is 1. The van der Waals surface area contributed by atoms with E-state index in [4.69, 9.17) is 10.5 Å². The maximum absolute atomic E-state index is 12.4. The van der Waals surface area contributed by atoms with E-state index in [9.17, 15) is 4.79 Å². The molecule has 0 saturated carbocycles. The first-order chi connectivity index (χ1) is 8.51. The van der Waals surface area contributed by atoms with Gasteiger partial charge in [-0.2, -0.15) is 0 Å². The van der Waals surface area contributed by atoms with Crippen molar-refractivity contribution in [1.82, 2.24) is 4.90 Å². The SMILES string of the molecule is Cc1ccc(CN(C)C(=O)C2(N)CCOCC2)s1.Cl. The van der Waals surface area contributed by atoms with Crippen molar-refractivity contribution in [3.05, 3.63) is 21.9 Å². The third-order valence-electron chi connectivity index (χ3n) is 3.35. The van der Waals surface area contributed by atoms with Crippen molar-refractivity contribution in [2.75, 3.05) is 20.3 Å². The molecule has 2 heterocycles. The largest absolute Gasteiger partial charge is 0.381 e. The Labute approximate surface area is 124 Å². The highest BCUT2D eigenvalue weighted by Crippen LogP contribution is 2.22. The van der Waals surface area contributed by atoms with Crippen LogP contribution in [0.4, 0.5) is 0 Å². The second-order valence-corrected chi connectivity index (χ2v) is 6.31. The van der Waals surface area contributed by atoms with Gasteiger partial charge < -0.3 is 15.4 Å². The molecule has 2 N–H and O–H groups in total. The van der Waals surface area contributed by atoms with Crippen LogP contribution in [0.3, 0.4) is 0 Å². The Kier molecular flexibility index (Phi) is 5.80. The molecule has 1 saturated heterocycles. The second kappa shape index (κ2) is 6.70. The normalized spacial score (nSPS) is 17.6. The van der Waals surface area contributed by atoms with Crippen LogP contribution < -0.4 is 5.73 Å². The van der Waals surface area contributed by atoms with E-state index < -0.39 is 5.54 Å². The fourth-order valence-corrected chi connectivity index (χ4v) is 3.15. The Hall–Kier alpha value is -0.620. The van der Waals surface area contributed by atoms with Crippen LogP contribution in [0.25, 0.3) is 0 Å². The topological polar surface area (TPSA) is 55.6 Å². The van der Waals surface area contributed by atoms with E-state index in [1.165, 1.54) is 9.75 Å². The van der Waals surface area contributed by atoms with Gasteiger partial charge in [-0.05, 0) is 31.9 Å². The number of carbonyl (C=O) groups is 1. The number of halogens is 1. The molecule has 6 heteroatoms. The van der Waals surface area contributed by atoms with Gasteiger partial charge in [0.15, 0.2) is 0 Å². The number of hydrogen-bond donors (Lipinski definition) is 1. The third-order valence-corrected chi connectivity index (χ3v) is 4.33. The lowest BCUT2D eigenvalue weighted by atomic mass is 9.90. The summed E-state index contributed by atoms with van der Waals surface area (Å²) < 4.78 is 5.27. The lowest BCUT2D eigenvalue weighted by molar-refractivity contribution is -0.139. The smallest absolute Gasteiger partial charge is 0.242 e. The first-order valence-corrected chi connectivity index (χ1v) is 7.00. The van der Waals surface area contributed by atoms with E-state index in [-0.39, 0.29) is 18.3 Å². The van der Waals surface area contributed by atoms with Crippen LogP contribution >= 0.6 is 23.7 Å². The molecular formula is C13H21ClN2O2S. The highest BCUT2D eigenvalue weighted by Gasteiger charge is 2.37. The molecule has 0 aromatic carbocycles. The number of hydrogen-bond acceptors (Lipinski definition) is 4. The summed E-state index contributed by atoms with van der Waals surface area (Å²) in [4.78, 5) is 16.6. The average molecular weight is 305 g/mol. The predicted octanol–water partition coefficient (Wildman–Crippen LogP) is 1.94. The molecule has 0 atom stereocenters. The fraction of sp³-hybridized carbons (Fsp3) is 0.615. The minimum atomic E-state index is -0.737. The molecule has 0 bridgehead atoms. The average Bonchev–Trinajstić information content (AvgIpc) is 2.74. The monoisotopic (exact) mass is 304 g/mol. The maximum atomic E-state index is 12.4. The van der Waals surface area contributed by atoms with Crippen molar-refractivity contribution in [2.45, 2.75) is 31.8 Å². The lowest BCUT2D eigenvalue weighted by Crippen LogP contribution is -2.57. The number of amides is 1. The summed E-state index contributed by atoms with van der Waals surface area (Å²) in [5.41, 5.74) is 5.46. The number of likely N-dealkylation sites (N-methyl/N-ethyl adjacent to an activating group) is 1. The zero-order valence-corrected chi connectivity index (χ0v) is 13.0. The molecule has 0 aliphatic carbocycles. The van der Waals surface area contributed by atoms with Gasteiger partial charge in [-0.3, -0.25) is 4.79 Å². The van der Waals surface area contributed by atoms with E-state index in [1.807, 2.05) is 7.05 Å². The van der Waals surface area contributed by atoms with Crippen LogP contribution in [0.2, 0.25) is 0 Å². The summed E-state index contributed by atoms with van der Waals surface area (Å²) >= 11 is 1.72. The van der Waals surface area contributed by atoms with Crippen molar-refractivity contribution >= 4 is 29.7 Å². The highest BCUT2D eigenvalue weighted by molar-refractivity contribution is 7.11. The molecule has 1 aliphatic heterocycles. The van der Waals surface area contributed by atoms with Crippen LogP contribution in [-0.2, 0) is 16.1 Å². The number of nitrogens with zero attached hydrogens (tertiary/aromatic N) is 1. The van der Waals surface area contributed by atoms with E-state index in [2.05, 4.69) is 19.1 Å². The lowest BCUT2D eigenvalue weighted by Gasteiger charge is -2.35. The van der Waals surface area contributed by atoms with Crippen molar-refractivity contribution in [1.29, 1.82) is 0 Å². The molecule has 19 heavy (non-hydrogen) atoms. The number of aryl methyl sites for hydroxylation is 1. The Morgan fingerprint density at radius 2 is 2.11 bits per heavy atom. The summed E-state index contributed by atoms with van der Waals surface area (Å²) in [6.07, 6.45) is 1.22. The van der Waals surface area contributed by atoms with Crippen LogP contribution in [0.5, 0.6) is 0 Å². The van der Waals surface area contributed by atoms with Gasteiger partial charge in [-0.15, -0.1) is 23.7 Å². The van der Waals surface area contributed by atoms with Gasteiger partial charge in [0.05, 0.1) is 12.1 Å². The minimum absolute atomic E-state index is 0. The number of rotatable bonds is 3. The molecule has 1 aromatic heterocycles. The van der Waals surface area contributed by atoms with Crippen LogP contribution in [0, 0.1) is 6.92 Å². The number of ether oxygens (including phenoxy) is 1. The first-order valence-electron chi connectivity index (χ1n) is 6.19. The van der Waals surface area contributed by atoms with E-state index in [0.29, 0.717) is 32.6 Å². The van der Waals surface area contributed by atoms with Gasteiger partial charge in [-0.25, -0.2) is 0 Å². The number of thiophene rings is 1. The van der Waals surface area contributed by atoms with Gasteiger partial charge >= 0.3 is 0 Å². The Morgan fingerprint density at radius 1 is 1.47 bits per heavy atom. The van der Waals surface area contributed by atoms with E-state index >= 15 is 0 Å². The van der Waals surface area contributed by atoms with E-state index in [1.54, 1.807) is 16.2 Å². The van der Waals surface area contributed by atoms with Gasteiger partial charge in [0, 0.05) is 30.0 Å². The summed E-state index contributed by atoms with van der Waals surface area (Å²) in [6.45, 7) is 3.86. The fourth-order valence-electron chi connectivity index (χ4n) is 2.21. The molecule has 1 amide bonds. The van der Waals surface area contributed by atoms with Crippen molar-refractivity contribution in [2.24, 2.45) is 5.73 Å².